The highest BCUT2D eigenvalue weighted by Gasteiger charge is 2.40. The second-order valence-electron chi connectivity index (χ2n) is 17.4. The zero-order chi connectivity index (χ0) is 44.2. The number of hydrogen-bond donors (Lipinski definition) is 5. The van der Waals surface area contributed by atoms with Crippen LogP contribution in [0.4, 0.5) is 25.8 Å². The third-order valence-electron chi connectivity index (χ3n) is 10.3. The lowest BCUT2D eigenvalue weighted by molar-refractivity contribution is -0.138. The van der Waals surface area contributed by atoms with Gasteiger partial charge in [-0.25, -0.2) is 14.4 Å². The molecule has 16 heteroatoms. The maximum atomic E-state index is 14.0. The lowest BCUT2D eigenvalue weighted by Gasteiger charge is -2.29. The maximum absolute atomic E-state index is 14.0. The van der Waals surface area contributed by atoms with Gasteiger partial charge < -0.3 is 45.5 Å². The number of ether oxygens (including phenoxy) is 2. The van der Waals surface area contributed by atoms with Crippen LogP contribution in [-0.2, 0) is 23.9 Å². The van der Waals surface area contributed by atoms with Crippen LogP contribution in [0, 0.1) is 0 Å². The van der Waals surface area contributed by atoms with Gasteiger partial charge in [0.1, 0.15) is 23.3 Å². The van der Waals surface area contributed by atoms with Crippen LogP contribution < -0.4 is 21.3 Å². The second-order valence-corrected chi connectivity index (χ2v) is 18.2. The Bertz CT molecular complexity index is 2280. The van der Waals surface area contributed by atoms with Crippen LogP contribution in [0.1, 0.15) is 85.8 Å². The number of urea groups is 1. The minimum absolute atomic E-state index is 0.269. The number of nitrogens with zero attached hydrogens (tertiary/aromatic N) is 2. The number of ketones is 1. The van der Waals surface area contributed by atoms with E-state index in [2.05, 4.69) is 42.2 Å². The van der Waals surface area contributed by atoms with Crippen molar-refractivity contribution in [1.29, 1.82) is 0 Å². The fourth-order valence-corrected chi connectivity index (χ4v) is 8.21. The number of carbonyl (C=O) groups excluding carboxylic acids is 6. The number of fused-ring (bicyclic) bond motifs is 1. The van der Waals surface area contributed by atoms with Crippen LogP contribution in [0.2, 0.25) is 0 Å². The lowest BCUT2D eigenvalue weighted by atomic mass is 10.0. The molecule has 6 rings (SSSR count). The first-order valence-electron chi connectivity index (χ1n) is 20.5. The van der Waals surface area contributed by atoms with Gasteiger partial charge in [0.2, 0.25) is 5.91 Å². The predicted octanol–water partition coefficient (Wildman–Crippen LogP) is 8.27. The Morgan fingerprint density at radius 1 is 0.738 bits per heavy atom. The second kappa shape index (κ2) is 18.4. The lowest BCUT2D eigenvalue weighted by Crippen LogP contribution is -2.51. The Morgan fingerprint density at radius 2 is 1.33 bits per heavy atom. The van der Waals surface area contributed by atoms with Gasteiger partial charge in [0.25, 0.3) is 5.91 Å². The van der Waals surface area contributed by atoms with Gasteiger partial charge >= 0.3 is 18.2 Å². The Balaban J connectivity index is 1.09. The zero-order valence-corrected chi connectivity index (χ0v) is 37.1. The van der Waals surface area contributed by atoms with E-state index < -0.39 is 59.5 Å². The number of carbonyl (C=O) groups is 6. The Hall–Kier alpha value is -5.90. The number of nitrogens with one attached hydrogen (secondary N) is 5. The summed E-state index contributed by atoms with van der Waals surface area (Å²) in [4.78, 5) is 86.0. The van der Waals surface area contributed by atoms with Crippen LogP contribution >= 0.6 is 15.9 Å². The van der Waals surface area contributed by atoms with Crippen molar-refractivity contribution in [2.24, 2.45) is 0 Å². The van der Waals surface area contributed by atoms with E-state index in [1.807, 2.05) is 30.3 Å². The van der Waals surface area contributed by atoms with Crippen molar-refractivity contribution in [3.63, 3.8) is 0 Å². The molecule has 0 spiro atoms. The largest absolute Gasteiger partial charge is 0.444 e. The minimum atomic E-state index is -1.04. The first kappa shape index (κ1) is 44.6. The molecule has 324 valence electrons. The number of rotatable bonds is 10. The third-order valence-corrected chi connectivity index (χ3v) is 11.1. The highest BCUT2D eigenvalue weighted by Crippen LogP contribution is 2.37. The van der Waals surface area contributed by atoms with Crippen molar-refractivity contribution < 1.29 is 38.2 Å². The molecule has 2 saturated heterocycles. The molecule has 0 aliphatic carbocycles. The van der Waals surface area contributed by atoms with Crippen molar-refractivity contribution in [3.05, 3.63) is 82.8 Å². The minimum Gasteiger partial charge on any atom is -0.444 e. The molecule has 3 heterocycles. The number of aromatic nitrogens is 1. The van der Waals surface area contributed by atoms with Crippen molar-refractivity contribution in [3.8, 4) is 11.3 Å². The van der Waals surface area contributed by atoms with Gasteiger partial charge in [0.05, 0.1) is 22.3 Å². The van der Waals surface area contributed by atoms with Crippen molar-refractivity contribution in [2.45, 2.75) is 110 Å². The number of amides is 6. The van der Waals surface area contributed by atoms with Gasteiger partial charge in [-0.2, -0.15) is 0 Å². The highest BCUT2D eigenvalue weighted by molar-refractivity contribution is 9.10. The summed E-state index contributed by atoms with van der Waals surface area (Å²) in [5.74, 6) is -0.999. The van der Waals surface area contributed by atoms with E-state index in [9.17, 15) is 28.8 Å². The number of Topliss-reactive ketones (excluding diaryl/α,β-unsaturated/α-hetero) is 1. The summed E-state index contributed by atoms with van der Waals surface area (Å²) in [5.41, 5.74) is 2.61. The van der Waals surface area contributed by atoms with Crippen molar-refractivity contribution >= 4 is 74.0 Å². The Kier molecular flexibility index (Phi) is 13.5. The fraction of sp³-hybridized carbons (Fsp3) is 0.422. The van der Waals surface area contributed by atoms with Gasteiger partial charge in [0.15, 0.2) is 5.78 Å². The molecular formula is C45H54BrN7O8. The van der Waals surface area contributed by atoms with Gasteiger partial charge in [-0.3, -0.25) is 14.4 Å². The molecular weight excluding hydrogens is 846 g/mol. The summed E-state index contributed by atoms with van der Waals surface area (Å²) < 4.78 is 11.5. The molecule has 0 radical (unpaired) electrons. The summed E-state index contributed by atoms with van der Waals surface area (Å²) >= 11 is 3.73. The number of H-pyrrole nitrogens is 1. The third kappa shape index (κ3) is 11.1. The molecule has 2 aliphatic heterocycles. The van der Waals surface area contributed by atoms with E-state index in [0.29, 0.717) is 55.7 Å². The first-order chi connectivity index (χ1) is 28.8. The van der Waals surface area contributed by atoms with E-state index in [1.54, 1.807) is 90.9 Å². The number of anilines is 2. The van der Waals surface area contributed by atoms with E-state index in [4.69, 9.17) is 9.47 Å². The molecule has 61 heavy (non-hydrogen) atoms. The van der Waals surface area contributed by atoms with Gasteiger partial charge in [-0.15, -0.1) is 0 Å². The van der Waals surface area contributed by atoms with Gasteiger partial charge in [-0.05, 0) is 132 Å². The van der Waals surface area contributed by atoms with E-state index in [1.165, 1.54) is 9.80 Å². The maximum Gasteiger partial charge on any atom is 0.408 e. The summed E-state index contributed by atoms with van der Waals surface area (Å²) in [6, 6.07) is 17.9. The number of likely N-dealkylation sites (tertiary alicyclic amines) is 2. The van der Waals surface area contributed by atoms with Crippen molar-refractivity contribution in [2.75, 3.05) is 23.7 Å². The standard InChI is InChI=1S/C45H54BrN7O8/c1-26(47-42(58)60-44(2,3)4)38(54)33-15-11-24-53(33)41(57)49-30-21-22-32-31(25-30)35(46)36(50-32)28-17-19-29(20-18-28)48-39(55)34-16-12-23-52(34)40(56)37(27-13-9-8-10-14-27)51-43(59)61-45(5,6)7/h8-10,13-14,17-22,25-26,33-34,37,50H,11-12,15-16,23-24H2,1-7H3,(H,47,58)(H,48,55)(H,49,57)(H,51,59)/t26-,33?,34+,37-/m1/s1. The average Bonchev–Trinajstić information content (AvgIpc) is 3.95. The normalized spacial score (nSPS) is 17.6. The molecule has 4 aromatic rings. The molecule has 2 fully saturated rings. The monoisotopic (exact) mass is 899 g/mol. The molecule has 5 N–H and O–H groups in total. The zero-order valence-electron chi connectivity index (χ0n) is 35.5. The molecule has 2 aliphatic rings. The summed E-state index contributed by atoms with van der Waals surface area (Å²) in [5, 5.41) is 12.0. The number of aromatic amines is 1. The van der Waals surface area contributed by atoms with Crippen LogP contribution in [-0.4, -0.2) is 93.0 Å². The number of benzene rings is 3. The van der Waals surface area contributed by atoms with Crippen LogP contribution in [0.15, 0.2) is 77.3 Å². The van der Waals surface area contributed by atoms with Gasteiger partial charge in [0, 0.05) is 35.4 Å². The topological polar surface area (TPSA) is 191 Å². The fourth-order valence-electron chi connectivity index (χ4n) is 7.55. The summed E-state index contributed by atoms with van der Waals surface area (Å²) in [6.07, 6.45) is 0.818. The predicted molar refractivity (Wildman–Crippen MR) is 236 cm³/mol. The van der Waals surface area contributed by atoms with E-state index in [0.717, 1.165) is 26.6 Å². The average molecular weight is 901 g/mol. The molecule has 15 nitrogen and oxygen atoms in total. The Morgan fingerprint density at radius 3 is 1.97 bits per heavy atom. The molecule has 3 aromatic carbocycles. The number of alkyl carbamates (subject to hydrolysis) is 2. The van der Waals surface area contributed by atoms with Crippen LogP contribution in [0.3, 0.4) is 0 Å². The summed E-state index contributed by atoms with van der Waals surface area (Å²) in [6.45, 7) is 12.8. The molecule has 4 atom stereocenters. The number of halogens is 1. The molecule has 0 saturated carbocycles. The van der Waals surface area contributed by atoms with Crippen molar-refractivity contribution in [1.82, 2.24) is 25.4 Å². The quantitative estimate of drug-likeness (QED) is 0.105. The summed E-state index contributed by atoms with van der Waals surface area (Å²) in [7, 11) is 0. The van der Waals surface area contributed by atoms with Gasteiger partial charge in [-0.1, -0.05) is 42.5 Å². The molecule has 6 amide bonds. The smallest absolute Gasteiger partial charge is 0.408 e. The van der Waals surface area contributed by atoms with E-state index in [-0.39, 0.29) is 11.7 Å². The molecule has 1 unspecified atom stereocenters. The SMILES string of the molecule is C[C@@H](NC(=O)OC(C)(C)C)C(=O)C1CCCN1C(=O)Nc1ccc2[nH]c(-c3ccc(NC(=O)[C@@H]4CCCN4C(=O)[C@H](NC(=O)OC(C)(C)C)c4ccccc4)cc3)c(Br)c2c1. The first-order valence-corrected chi connectivity index (χ1v) is 21.3. The van der Waals surface area contributed by atoms with E-state index >= 15 is 0 Å². The van der Waals surface area contributed by atoms with Crippen LogP contribution in [0.25, 0.3) is 22.2 Å². The molecule has 1 aromatic heterocycles. The van der Waals surface area contributed by atoms with Crippen LogP contribution in [0.5, 0.6) is 0 Å². The number of hydrogen-bond acceptors (Lipinski definition) is 8. The highest BCUT2D eigenvalue weighted by atomic mass is 79.9. The Labute approximate surface area is 363 Å². The molecule has 0 bridgehead atoms.